The normalized spacial score (nSPS) is 35.8. The molecule has 38 heavy (non-hydrogen) atoms. The quantitative estimate of drug-likeness (QED) is 0.571. The Morgan fingerprint density at radius 1 is 0.947 bits per heavy atom. The number of aromatic nitrogens is 3. The van der Waals surface area contributed by atoms with Gasteiger partial charge >= 0.3 is 12.2 Å². The maximum atomic E-state index is 13.2. The van der Waals surface area contributed by atoms with Crippen molar-refractivity contribution in [3.8, 4) is 0 Å². The van der Waals surface area contributed by atoms with Gasteiger partial charge < -0.3 is 9.80 Å². The van der Waals surface area contributed by atoms with Gasteiger partial charge in [0.1, 0.15) is 6.33 Å². The summed E-state index contributed by atoms with van der Waals surface area (Å²) < 4.78 is 68.1. The lowest BCUT2D eigenvalue weighted by molar-refractivity contribution is -0.315. The number of rotatable bonds is 4. The summed E-state index contributed by atoms with van der Waals surface area (Å²) >= 11 is 0. The number of carbonyl (C=O) groups is 1. The zero-order valence-corrected chi connectivity index (χ0v) is 22.1. The lowest BCUT2D eigenvalue weighted by atomic mass is 9.43. The summed E-state index contributed by atoms with van der Waals surface area (Å²) in [6, 6.07) is 0.452. The molecule has 13 heteroatoms. The van der Waals surface area contributed by atoms with Crippen LogP contribution in [0.25, 0.3) is 0 Å². The minimum atomic E-state index is -4.31. The summed E-state index contributed by atoms with van der Waals surface area (Å²) in [5.41, 5.74) is -1.62. The van der Waals surface area contributed by atoms with Gasteiger partial charge in [-0.15, -0.1) is 0 Å². The second kappa shape index (κ2) is 7.05. The Hall–Kier alpha value is -1.89. The Balaban J connectivity index is 0.799. The Kier molecular flexibility index (Phi) is 4.44. The van der Waals surface area contributed by atoms with Gasteiger partial charge in [0.05, 0.1) is 16.2 Å². The van der Waals surface area contributed by atoms with Crippen LogP contribution in [0.4, 0.5) is 18.0 Å². The molecule has 2 spiro atoms. The molecular weight excluding hydrogens is 521 g/mol. The zero-order chi connectivity index (χ0) is 26.3. The number of nitrogens with zero attached hydrogens (tertiary/aromatic N) is 6. The first-order chi connectivity index (χ1) is 17.9. The van der Waals surface area contributed by atoms with Crippen molar-refractivity contribution in [2.45, 2.75) is 80.7 Å². The van der Waals surface area contributed by atoms with E-state index < -0.39 is 26.4 Å². The average Bonchev–Trinajstić information content (AvgIpc) is 3.44. The molecule has 4 heterocycles. The van der Waals surface area contributed by atoms with Crippen LogP contribution in [0.1, 0.15) is 75.6 Å². The predicted octanol–water partition coefficient (Wildman–Crippen LogP) is 3.13. The molecule has 9 rings (SSSR count). The molecule has 3 aliphatic heterocycles. The van der Waals surface area contributed by atoms with Crippen molar-refractivity contribution in [3.05, 3.63) is 12.2 Å². The number of likely N-dealkylation sites (tertiary alicyclic amines) is 2. The van der Waals surface area contributed by atoms with Crippen molar-refractivity contribution in [2.75, 3.05) is 39.3 Å². The number of halogens is 3. The maximum Gasteiger partial charge on any atom is 0.394 e. The second-order valence-corrected chi connectivity index (χ2v) is 16.1. The largest absolute Gasteiger partial charge is 0.394 e. The van der Waals surface area contributed by atoms with Crippen molar-refractivity contribution in [2.24, 2.45) is 16.2 Å². The summed E-state index contributed by atoms with van der Waals surface area (Å²) in [6.07, 6.45) is 2.45. The van der Waals surface area contributed by atoms with E-state index in [0.29, 0.717) is 51.0 Å². The number of hydrogen-bond acceptors (Lipinski definition) is 5. The molecule has 5 aliphatic carbocycles. The molecule has 2 amide bonds. The van der Waals surface area contributed by atoms with E-state index in [1.807, 2.05) is 20.8 Å². The highest BCUT2D eigenvalue weighted by molar-refractivity contribution is 7.90. The monoisotopic (exact) mass is 554 g/mol. The average molecular weight is 555 g/mol. The van der Waals surface area contributed by atoms with Gasteiger partial charge in [0.25, 0.3) is 0 Å². The van der Waals surface area contributed by atoms with Crippen LogP contribution >= 0.6 is 0 Å². The fraction of sp³-hybridized carbons (Fsp3) is 0.880. The Morgan fingerprint density at radius 2 is 1.53 bits per heavy atom. The van der Waals surface area contributed by atoms with Crippen LogP contribution < -0.4 is 0 Å². The third-order valence-corrected chi connectivity index (χ3v) is 13.7. The van der Waals surface area contributed by atoms with Crippen LogP contribution in [0.15, 0.2) is 6.33 Å². The number of hydrogen-bond donors (Lipinski definition) is 0. The van der Waals surface area contributed by atoms with Gasteiger partial charge in [-0.25, -0.2) is 27.2 Å². The minimum Gasteiger partial charge on any atom is -0.323 e. The van der Waals surface area contributed by atoms with Gasteiger partial charge in [0.2, 0.25) is 10.0 Å². The van der Waals surface area contributed by atoms with E-state index in [0.717, 1.165) is 31.8 Å². The van der Waals surface area contributed by atoms with E-state index in [2.05, 4.69) is 10.1 Å². The molecule has 3 saturated heterocycles. The number of urea groups is 1. The number of piperidine rings is 1. The molecule has 8 aliphatic rings. The van der Waals surface area contributed by atoms with Crippen LogP contribution in [0.2, 0.25) is 0 Å². The number of sulfonamides is 1. The fourth-order valence-electron chi connectivity index (χ4n) is 8.44. The molecule has 2 bridgehead atoms. The molecule has 0 radical (unpaired) electrons. The van der Waals surface area contributed by atoms with E-state index in [4.69, 9.17) is 0 Å². The molecule has 1 aromatic rings. The van der Waals surface area contributed by atoms with Crippen LogP contribution in [0.5, 0.6) is 0 Å². The first kappa shape index (κ1) is 24.0. The van der Waals surface area contributed by atoms with Crippen molar-refractivity contribution < 1.29 is 26.4 Å². The smallest absolute Gasteiger partial charge is 0.323 e. The Labute approximate surface area is 219 Å². The van der Waals surface area contributed by atoms with Gasteiger partial charge in [0, 0.05) is 56.0 Å². The number of alkyl halides is 3. The minimum absolute atomic E-state index is 0.0647. The first-order valence-electron chi connectivity index (χ1n) is 13.9. The SMILES string of the molecule is O=C(N1CC2(CCN(S(=O)(=O)C34CC(C(F)(F)F)(C3)C4)CC2)C1)N1CC2(CC(n3cnc(C4CC4)n3)C2)C1. The molecule has 8 fully saturated rings. The lowest BCUT2D eigenvalue weighted by Gasteiger charge is -2.69. The van der Waals surface area contributed by atoms with Crippen molar-refractivity contribution in [3.63, 3.8) is 0 Å². The molecule has 208 valence electrons. The van der Waals surface area contributed by atoms with Crippen molar-refractivity contribution in [1.82, 2.24) is 28.9 Å². The van der Waals surface area contributed by atoms with Crippen LogP contribution in [0, 0.1) is 16.2 Å². The molecule has 5 saturated carbocycles. The molecule has 9 nitrogen and oxygen atoms in total. The van der Waals surface area contributed by atoms with Crippen LogP contribution in [-0.2, 0) is 10.0 Å². The molecule has 1 aromatic heterocycles. The molecular formula is C25H33F3N6O3S. The molecule has 0 aromatic carbocycles. The highest BCUT2D eigenvalue weighted by atomic mass is 32.2. The van der Waals surface area contributed by atoms with Crippen LogP contribution in [0.3, 0.4) is 0 Å². The summed E-state index contributed by atoms with van der Waals surface area (Å²) in [4.78, 5) is 21.3. The maximum absolute atomic E-state index is 13.2. The first-order valence-corrected chi connectivity index (χ1v) is 15.3. The fourth-order valence-corrected chi connectivity index (χ4v) is 11.0. The highest BCUT2D eigenvalue weighted by Gasteiger charge is 2.83. The van der Waals surface area contributed by atoms with Crippen LogP contribution in [-0.4, -0.2) is 93.5 Å². The third kappa shape index (κ3) is 3.08. The molecule has 0 unspecified atom stereocenters. The number of carbonyl (C=O) groups excluding carboxylic acids is 1. The van der Waals surface area contributed by atoms with Gasteiger partial charge in [-0.2, -0.15) is 18.3 Å². The zero-order valence-electron chi connectivity index (χ0n) is 21.3. The van der Waals surface area contributed by atoms with E-state index in [1.165, 1.54) is 17.1 Å². The molecule has 0 N–H and O–H groups in total. The summed E-state index contributed by atoms with van der Waals surface area (Å²) in [7, 11) is -3.73. The van der Waals surface area contributed by atoms with Crippen molar-refractivity contribution >= 4 is 16.1 Å². The van der Waals surface area contributed by atoms with E-state index in [1.54, 1.807) is 0 Å². The second-order valence-electron chi connectivity index (χ2n) is 13.8. The summed E-state index contributed by atoms with van der Waals surface area (Å²) in [5, 5.41) is 4.66. The predicted molar refractivity (Wildman–Crippen MR) is 128 cm³/mol. The van der Waals surface area contributed by atoms with Gasteiger partial charge in [-0.05, 0) is 57.8 Å². The highest BCUT2D eigenvalue weighted by Crippen LogP contribution is 2.76. The lowest BCUT2D eigenvalue weighted by Crippen LogP contribution is -2.77. The topological polar surface area (TPSA) is 91.6 Å². The van der Waals surface area contributed by atoms with E-state index in [-0.39, 0.29) is 36.1 Å². The summed E-state index contributed by atoms with van der Waals surface area (Å²) in [6.45, 7) is 3.51. The molecule has 0 atom stereocenters. The standard InChI is InChI=1S/C25H33F3N6O3S/c26-25(27,28)23-9-24(10-23,11-23)38(36,37)33-5-3-21(4-6-33)12-31(13-21)20(35)32-14-22(15-32)7-18(8-22)34-16-29-19(30-34)17-1-2-17/h16-18H,1-15H2. The van der Waals surface area contributed by atoms with E-state index >= 15 is 0 Å². The third-order valence-electron chi connectivity index (χ3n) is 11.1. The Morgan fingerprint density at radius 3 is 2.08 bits per heavy atom. The number of amides is 2. The van der Waals surface area contributed by atoms with Gasteiger partial charge in [0.15, 0.2) is 5.82 Å². The van der Waals surface area contributed by atoms with Gasteiger partial charge in [-0.3, -0.25) is 0 Å². The Bertz CT molecular complexity index is 1270. The van der Waals surface area contributed by atoms with Gasteiger partial charge in [-0.1, -0.05) is 0 Å². The van der Waals surface area contributed by atoms with E-state index in [9.17, 15) is 26.4 Å². The summed E-state index contributed by atoms with van der Waals surface area (Å²) in [5.74, 6) is 1.53. The van der Waals surface area contributed by atoms with Crippen molar-refractivity contribution in [1.29, 1.82) is 0 Å².